The number of ether oxygens (including phenoxy) is 2. The fourth-order valence-electron chi connectivity index (χ4n) is 2.21. The van der Waals surface area contributed by atoms with Gasteiger partial charge in [0.25, 0.3) is 0 Å². The maximum Gasteiger partial charge on any atom is 0.340 e. The minimum absolute atomic E-state index is 0.0314. The molecule has 25 heavy (non-hydrogen) atoms. The third kappa shape index (κ3) is 5.53. The number of anilines is 2. The van der Waals surface area contributed by atoms with E-state index in [0.29, 0.717) is 30.2 Å². The van der Waals surface area contributed by atoms with E-state index < -0.39 is 5.97 Å². The summed E-state index contributed by atoms with van der Waals surface area (Å²) in [5.41, 5.74) is 1.63. The SMILES string of the molecule is CCOC(=O)c1ccccc1NCC(=O)Nc1ccc(OCC)cc1. The summed E-state index contributed by atoms with van der Waals surface area (Å²) in [5.74, 6) is 0.113. The molecule has 0 bridgehead atoms. The molecule has 0 saturated heterocycles. The van der Waals surface area contributed by atoms with Crippen molar-refractivity contribution < 1.29 is 19.1 Å². The lowest BCUT2D eigenvalue weighted by atomic mass is 10.2. The Labute approximate surface area is 147 Å². The van der Waals surface area contributed by atoms with Crippen LogP contribution in [0.2, 0.25) is 0 Å². The highest BCUT2D eigenvalue weighted by molar-refractivity contribution is 5.98. The topological polar surface area (TPSA) is 76.7 Å². The van der Waals surface area contributed by atoms with Gasteiger partial charge in [-0.05, 0) is 50.2 Å². The molecule has 6 heteroatoms. The normalized spacial score (nSPS) is 10.0. The van der Waals surface area contributed by atoms with Gasteiger partial charge in [-0.2, -0.15) is 0 Å². The van der Waals surface area contributed by atoms with Crippen molar-refractivity contribution in [1.82, 2.24) is 0 Å². The number of para-hydroxylation sites is 1. The van der Waals surface area contributed by atoms with E-state index in [2.05, 4.69) is 10.6 Å². The molecule has 1 amide bonds. The van der Waals surface area contributed by atoms with Crippen molar-refractivity contribution in [3.8, 4) is 5.75 Å². The summed E-state index contributed by atoms with van der Waals surface area (Å²) in [5, 5.41) is 5.75. The lowest BCUT2D eigenvalue weighted by Crippen LogP contribution is -2.22. The largest absolute Gasteiger partial charge is 0.494 e. The first-order chi connectivity index (χ1) is 12.1. The van der Waals surface area contributed by atoms with Crippen LogP contribution >= 0.6 is 0 Å². The minimum Gasteiger partial charge on any atom is -0.494 e. The van der Waals surface area contributed by atoms with Crippen molar-refractivity contribution in [2.24, 2.45) is 0 Å². The molecule has 0 atom stereocenters. The average Bonchev–Trinajstić information content (AvgIpc) is 2.62. The number of hydrogen-bond donors (Lipinski definition) is 2. The van der Waals surface area contributed by atoms with Gasteiger partial charge in [-0.1, -0.05) is 12.1 Å². The molecule has 6 nitrogen and oxygen atoms in total. The number of rotatable bonds is 8. The molecule has 2 aromatic rings. The smallest absolute Gasteiger partial charge is 0.340 e. The van der Waals surface area contributed by atoms with Gasteiger partial charge in [0.1, 0.15) is 5.75 Å². The Morgan fingerprint density at radius 1 is 0.960 bits per heavy atom. The van der Waals surface area contributed by atoms with E-state index in [0.717, 1.165) is 5.75 Å². The summed E-state index contributed by atoms with van der Waals surface area (Å²) < 4.78 is 10.4. The van der Waals surface area contributed by atoms with Crippen LogP contribution in [-0.2, 0) is 9.53 Å². The van der Waals surface area contributed by atoms with Crippen LogP contribution in [-0.4, -0.2) is 31.6 Å². The third-order valence-corrected chi connectivity index (χ3v) is 3.31. The quantitative estimate of drug-likeness (QED) is 0.720. The Morgan fingerprint density at radius 2 is 1.68 bits per heavy atom. The Balaban J connectivity index is 1.93. The van der Waals surface area contributed by atoms with Crippen molar-refractivity contribution in [3.05, 3.63) is 54.1 Å². The van der Waals surface area contributed by atoms with Crippen molar-refractivity contribution in [1.29, 1.82) is 0 Å². The second-order valence-electron chi connectivity index (χ2n) is 5.13. The number of nitrogens with one attached hydrogen (secondary N) is 2. The minimum atomic E-state index is -0.419. The van der Waals surface area contributed by atoms with Gasteiger partial charge in [0.2, 0.25) is 5.91 Å². The first-order valence-electron chi connectivity index (χ1n) is 8.16. The molecule has 0 aliphatic carbocycles. The molecular formula is C19H22N2O4. The summed E-state index contributed by atoms with van der Waals surface area (Å²) in [6.45, 7) is 4.58. The summed E-state index contributed by atoms with van der Waals surface area (Å²) in [6, 6.07) is 14.1. The Hall–Kier alpha value is -3.02. The van der Waals surface area contributed by atoms with Gasteiger partial charge in [0, 0.05) is 11.4 Å². The predicted molar refractivity (Wildman–Crippen MR) is 97.1 cm³/mol. The lowest BCUT2D eigenvalue weighted by Gasteiger charge is -2.11. The zero-order chi connectivity index (χ0) is 18.1. The predicted octanol–water partition coefficient (Wildman–Crippen LogP) is 3.31. The molecule has 2 N–H and O–H groups in total. The molecule has 0 fully saturated rings. The monoisotopic (exact) mass is 342 g/mol. The summed E-state index contributed by atoms with van der Waals surface area (Å²) in [6.07, 6.45) is 0. The Kier molecular flexibility index (Phi) is 6.83. The van der Waals surface area contributed by atoms with E-state index in [4.69, 9.17) is 9.47 Å². The van der Waals surface area contributed by atoms with Gasteiger partial charge in [0.05, 0.1) is 25.3 Å². The van der Waals surface area contributed by atoms with Gasteiger partial charge in [-0.15, -0.1) is 0 Å². The summed E-state index contributed by atoms with van der Waals surface area (Å²) >= 11 is 0. The number of amides is 1. The lowest BCUT2D eigenvalue weighted by molar-refractivity contribution is -0.114. The van der Waals surface area contributed by atoms with E-state index in [-0.39, 0.29) is 12.5 Å². The van der Waals surface area contributed by atoms with Crippen LogP contribution in [0.15, 0.2) is 48.5 Å². The highest BCUT2D eigenvalue weighted by Gasteiger charge is 2.12. The fourth-order valence-corrected chi connectivity index (χ4v) is 2.21. The van der Waals surface area contributed by atoms with Crippen molar-refractivity contribution >= 4 is 23.3 Å². The summed E-state index contributed by atoms with van der Waals surface area (Å²) in [4.78, 5) is 24.0. The number of hydrogen-bond acceptors (Lipinski definition) is 5. The third-order valence-electron chi connectivity index (χ3n) is 3.31. The van der Waals surface area contributed by atoms with E-state index in [1.165, 1.54) is 0 Å². The Bertz CT molecular complexity index is 714. The number of esters is 1. The zero-order valence-corrected chi connectivity index (χ0v) is 14.4. The van der Waals surface area contributed by atoms with Gasteiger partial charge in [-0.25, -0.2) is 4.79 Å². The van der Waals surface area contributed by atoms with E-state index in [9.17, 15) is 9.59 Å². The highest BCUT2D eigenvalue weighted by Crippen LogP contribution is 2.17. The molecular weight excluding hydrogens is 320 g/mol. The molecule has 0 unspecified atom stereocenters. The van der Waals surface area contributed by atoms with Crippen LogP contribution in [0.1, 0.15) is 24.2 Å². The number of carbonyl (C=O) groups excluding carboxylic acids is 2. The molecule has 0 aliphatic heterocycles. The first-order valence-corrected chi connectivity index (χ1v) is 8.16. The van der Waals surface area contributed by atoms with Crippen molar-refractivity contribution in [2.75, 3.05) is 30.4 Å². The van der Waals surface area contributed by atoms with Gasteiger partial charge in [0.15, 0.2) is 0 Å². The van der Waals surface area contributed by atoms with Crippen LogP contribution in [0.3, 0.4) is 0 Å². The second kappa shape index (κ2) is 9.32. The van der Waals surface area contributed by atoms with Crippen LogP contribution in [0.5, 0.6) is 5.75 Å². The van der Waals surface area contributed by atoms with E-state index in [1.54, 1.807) is 55.5 Å². The molecule has 0 radical (unpaired) electrons. The van der Waals surface area contributed by atoms with Crippen LogP contribution in [0, 0.1) is 0 Å². The number of carbonyl (C=O) groups is 2. The Morgan fingerprint density at radius 3 is 2.36 bits per heavy atom. The van der Waals surface area contributed by atoms with Crippen LogP contribution in [0.4, 0.5) is 11.4 Å². The zero-order valence-electron chi connectivity index (χ0n) is 14.4. The number of benzene rings is 2. The molecule has 0 heterocycles. The van der Waals surface area contributed by atoms with E-state index >= 15 is 0 Å². The maximum atomic E-state index is 12.1. The van der Waals surface area contributed by atoms with Gasteiger partial charge < -0.3 is 20.1 Å². The molecule has 0 aliphatic rings. The molecule has 2 aromatic carbocycles. The molecule has 132 valence electrons. The summed E-state index contributed by atoms with van der Waals surface area (Å²) in [7, 11) is 0. The van der Waals surface area contributed by atoms with Crippen molar-refractivity contribution in [2.45, 2.75) is 13.8 Å². The van der Waals surface area contributed by atoms with Crippen molar-refractivity contribution in [3.63, 3.8) is 0 Å². The van der Waals surface area contributed by atoms with Crippen LogP contribution in [0.25, 0.3) is 0 Å². The average molecular weight is 342 g/mol. The molecule has 2 rings (SSSR count). The standard InChI is InChI=1S/C19H22N2O4/c1-3-24-15-11-9-14(10-12-15)21-18(22)13-20-17-8-6-5-7-16(17)19(23)25-4-2/h5-12,20H,3-4,13H2,1-2H3,(H,21,22). The van der Waals surface area contributed by atoms with Crippen LogP contribution < -0.4 is 15.4 Å². The fraction of sp³-hybridized carbons (Fsp3) is 0.263. The van der Waals surface area contributed by atoms with Gasteiger partial charge in [-0.3, -0.25) is 4.79 Å². The molecule has 0 saturated carbocycles. The van der Waals surface area contributed by atoms with E-state index in [1.807, 2.05) is 6.92 Å². The second-order valence-corrected chi connectivity index (χ2v) is 5.13. The molecule has 0 aromatic heterocycles. The first kappa shape index (κ1) is 18.3. The maximum absolute atomic E-state index is 12.1. The highest BCUT2D eigenvalue weighted by atomic mass is 16.5. The molecule has 0 spiro atoms. The van der Waals surface area contributed by atoms with Gasteiger partial charge >= 0.3 is 5.97 Å².